The van der Waals surface area contributed by atoms with Crippen molar-refractivity contribution in [1.29, 1.82) is 0 Å². The van der Waals surface area contributed by atoms with Gasteiger partial charge in [0, 0.05) is 23.7 Å². The summed E-state index contributed by atoms with van der Waals surface area (Å²) in [5.74, 6) is -0.392. The predicted molar refractivity (Wildman–Crippen MR) is 233 cm³/mol. The zero-order chi connectivity index (χ0) is 35.3. The summed E-state index contributed by atoms with van der Waals surface area (Å²) in [6.07, 6.45) is 0.342. The first kappa shape index (κ1) is 46.9. The molecule has 0 saturated heterocycles. The Bertz CT molecular complexity index is 1330. The molecule has 6 N–H and O–H groups in total. The largest absolute Gasteiger partial charge is 0.481 e. The lowest BCUT2D eigenvalue weighted by atomic mass is 10.1. The first-order chi connectivity index (χ1) is 20.7. The minimum Gasteiger partial charge on any atom is -0.481 e. The first-order valence-electron chi connectivity index (χ1n) is 11.0. The lowest BCUT2D eigenvalue weighted by molar-refractivity contribution is -0.137. The van der Waals surface area contributed by atoms with E-state index in [-0.39, 0.29) is 35.1 Å². The number of benzene rings is 2. The molecule has 0 fully saturated rings. The highest BCUT2D eigenvalue weighted by molar-refractivity contribution is 14.1. The van der Waals surface area contributed by atoms with Crippen molar-refractivity contribution in [3.05, 3.63) is 43.7 Å². The third-order valence-electron chi connectivity index (χ3n) is 4.58. The van der Waals surface area contributed by atoms with Gasteiger partial charge in [-0.1, -0.05) is 0 Å². The Morgan fingerprint density at radius 3 is 0.911 bits per heavy atom. The standard InChI is InChI=1S/2C8H2Cl2I3NO2.C7H12O4S2/c2*9-7(15)1-3(11)2(8(10)16)5(13)6(14)4(1)12;8-6(9)1-3-12-5-13-4-2-7(10)11/h2*14H2;1-5H2,(H,8,9)(H,10,11). The third kappa shape index (κ3) is 15.4. The van der Waals surface area contributed by atoms with Gasteiger partial charge in [-0.05, 0) is 182 Å². The number of thioether (sulfide) groups is 2. The van der Waals surface area contributed by atoms with Gasteiger partial charge in [0.05, 0.1) is 60.8 Å². The Balaban J connectivity index is 0.000000651. The molecule has 0 amide bonds. The zero-order valence-corrected chi connectivity index (χ0v) is 39.2. The Morgan fingerprint density at radius 1 is 0.511 bits per heavy atom. The SMILES string of the molecule is Nc1c(I)c(C(=O)Cl)c(I)c(C(=O)Cl)c1I.Nc1c(I)c(C(=O)Cl)c(I)c(C(=O)Cl)c1I.O=C(O)CCSCSCCC(=O)O. The fourth-order valence-corrected chi connectivity index (χ4v) is 14.9. The molecule has 0 spiro atoms. The van der Waals surface area contributed by atoms with E-state index >= 15 is 0 Å². The Morgan fingerprint density at radius 2 is 0.733 bits per heavy atom. The quantitative estimate of drug-likeness (QED) is 0.0519. The van der Waals surface area contributed by atoms with E-state index in [0.717, 1.165) is 5.08 Å². The van der Waals surface area contributed by atoms with Crippen molar-refractivity contribution in [2.45, 2.75) is 12.8 Å². The molecule has 10 nitrogen and oxygen atoms in total. The van der Waals surface area contributed by atoms with Crippen LogP contribution >= 0.6 is 205 Å². The number of aliphatic carboxylic acids is 2. The molecule has 0 heterocycles. The monoisotopic (exact) mass is 1410 g/mol. The summed E-state index contributed by atoms with van der Waals surface area (Å²) in [6, 6.07) is 0. The van der Waals surface area contributed by atoms with Crippen molar-refractivity contribution in [3.63, 3.8) is 0 Å². The number of carboxylic acid groups (broad SMARTS) is 2. The van der Waals surface area contributed by atoms with Crippen molar-refractivity contribution in [1.82, 2.24) is 0 Å². The fourth-order valence-electron chi connectivity index (χ4n) is 2.55. The molecular formula is C23H16Cl4I6N2O8S2. The molecule has 0 atom stereocenters. The average molecular weight is 1420 g/mol. The number of hydrogen-bond acceptors (Lipinski definition) is 10. The summed E-state index contributed by atoms with van der Waals surface area (Å²) < 4.78 is 3.00. The van der Waals surface area contributed by atoms with E-state index in [4.69, 9.17) is 68.1 Å². The van der Waals surface area contributed by atoms with Crippen molar-refractivity contribution in [3.8, 4) is 0 Å². The van der Waals surface area contributed by atoms with E-state index in [1.54, 1.807) is 0 Å². The number of carbonyl (C=O) groups excluding carboxylic acids is 4. The number of rotatable bonds is 12. The van der Waals surface area contributed by atoms with E-state index in [0.29, 0.717) is 44.3 Å². The van der Waals surface area contributed by atoms with Crippen LogP contribution in [0.2, 0.25) is 0 Å². The molecule has 0 aliphatic carbocycles. The van der Waals surface area contributed by atoms with Crippen LogP contribution in [0.5, 0.6) is 0 Å². The number of carboxylic acids is 2. The van der Waals surface area contributed by atoms with Crippen molar-refractivity contribution in [2.75, 3.05) is 28.1 Å². The molecular weight excluding hydrogens is 1400 g/mol. The van der Waals surface area contributed by atoms with Gasteiger partial charge < -0.3 is 21.7 Å². The molecule has 22 heteroatoms. The summed E-state index contributed by atoms with van der Waals surface area (Å²) in [7, 11) is 0. The van der Waals surface area contributed by atoms with Gasteiger partial charge in [0.15, 0.2) is 0 Å². The molecule has 0 unspecified atom stereocenters. The molecule has 248 valence electrons. The van der Waals surface area contributed by atoms with Gasteiger partial charge in [-0.15, -0.1) is 0 Å². The summed E-state index contributed by atoms with van der Waals surface area (Å²) in [5.41, 5.74) is 13.2. The molecule has 45 heavy (non-hydrogen) atoms. The molecule has 0 aromatic heterocycles. The minimum absolute atomic E-state index is 0.171. The maximum absolute atomic E-state index is 11.3. The van der Waals surface area contributed by atoms with Crippen LogP contribution in [0.4, 0.5) is 11.4 Å². The van der Waals surface area contributed by atoms with E-state index in [9.17, 15) is 28.8 Å². The Hall–Kier alpha value is 1.90. The summed E-state index contributed by atoms with van der Waals surface area (Å²) in [5, 5.41) is 14.7. The topological polar surface area (TPSA) is 195 Å². The average Bonchev–Trinajstić information content (AvgIpc) is 2.90. The van der Waals surface area contributed by atoms with Gasteiger partial charge in [-0.3, -0.25) is 28.8 Å². The Labute approximate surface area is 367 Å². The third-order valence-corrected chi connectivity index (χ3v) is 14.3. The highest BCUT2D eigenvalue weighted by Gasteiger charge is 2.26. The van der Waals surface area contributed by atoms with Gasteiger partial charge >= 0.3 is 11.9 Å². The Kier molecular flexibility index (Phi) is 24.4. The molecule has 0 radical (unpaired) electrons. The summed E-state index contributed by atoms with van der Waals surface area (Å²) >= 11 is 36.3. The van der Waals surface area contributed by atoms with Gasteiger partial charge in [0.2, 0.25) is 0 Å². The highest BCUT2D eigenvalue weighted by Crippen LogP contribution is 2.36. The number of halogens is 10. The van der Waals surface area contributed by atoms with Gasteiger partial charge in [0.1, 0.15) is 0 Å². The van der Waals surface area contributed by atoms with Crippen LogP contribution in [0, 0.1) is 21.4 Å². The van der Waals surface area contributed by atoms with Crippen LogP contribution in [-0.2, 0) is 9.59 Å². The molecule has 0 aliphatic heterocycles. The van der Waals surface area contributed by atoms with Crippen molar-refractivity contribution < 1.29 is 39.0 Å². The second-order valence-electron chi connectivity index (χ2n) is 7.53. The van der Waals surface area contributed by atoms with Gasteiger partial charge in [-0.2, -0.15) is 23.5 Å². The molecule has 0 aliphatic rings. The maximum Gasteiger partial charge on any atom is 0.304 e. The predicted octanol–water partition coefficient (Wildman–Crippen LogP) is 9.04. The second-order valence-corrected chi connectivity index (χ2v) is 17.9. The van der Waals surface area contributed by atoms with E-state index in [1.165, 1.54) is 23.5 Å². The summed E-state index contributed by atoms with van der Waals surface area (Å²) in [4.78, 5) is 65.2. The van der Waals surface area contributed by atoms with Crippen LogP contribution in [-0.4, -0.2) is 59.7 Å². The first-order valence-corrected chi connectivity index (χ1v) is 21.3. The van der Waals surface area contributed by atoms with Crippen LogP contribution < -0.4 is 11.5 Å². The van der Waals surface area contributed by atoms with Crippen molar-refractivity contribution in [2.24, 2.45) is 0 Å². The van der Waals surface area contributed by atoms with Crippen LogP contribution in [0.25, 0.3) is 0 Å². The van der Waals surface area contributed by atoms with Gasteiger partial charge in [0.25, 0.3) is 21.0 Å². The van der Waals surface area contributed by atoms with Crippen LogP contribution in [0.15, 0.2) is 0 Å². The van der Waals surface area contributed by atoms with Crippen LogP contribution in [0.1, 0.15) is 54.3 Å². The molecule has 2 aromatic carbocycles. The van der Waals surface area contributed by atoms with Gasteiger partial charge in [-0.25, -0.2) is 0 Å². The van der Waals surface area contributed by atoms with Crippen LogP contribution in [0.3, 0.4) is 0 Å². The number of nitrogen functional groups attached to an aromatic ring is 2. The minimum atomic E-state index is -0.789. The van der Waals surface area contributed by atoms with E-state index < -0.39 is 32.9 Å². The zero-order valence-electron chi connectivity index (χ0n) is 21.6. The number of nitrogens with two attached hydrogens (primary N) is 2. The summed E-state index contributed by atoms with van der Waals surface area (Å²) in [6.45, 7) is 0. The van der Waals surface area contributed by atoms with E-state index in [1.807, 2.05) is 136 Å². The number of carbonyl (C=O) groups is 6. The molecule has 0 bridgehead atoms. The lowest BCUT2D eigenvalue weighted by Crippen LogP contribution is -2.11. The number of hydrogen-bond donors (Lipinski definition) is 4. The smallest absolute Gasteiger partial charge is 0.304 e. The second kappa shape index (κ2) is 23.4. The fraction of sp³-hybridized carbons (Fsp3) is 0.217. The van der Waals surface area contributed by atoms with Crippen molar-refractivity contribution >= 4 is 250 Å². The molecule has 0 saturated carbocycles. The lowest BCUT2D eigenvalue weighted by Gasteiger charge is -2.12. The van der Waals surface area contributed by atoms with E-state index in [2.05, 4.69) is 0 Å². The molecule has 2 rings (SSSR count). The normalized spacial score (nSPS) is 10.2. The number of anilines is 2. The highest BCUT2D eigenvalue weighted by atomic mass is 127. The molecule has 2 aromatic rings. The maximum atomic E-state index is 11.3.